The fraction of sp³-hybridized carbons (Fsp3) is 0.400. The lowest BCUT2D eigenvalue weighted by Gasteiger charge is -2.32. The molecule has 1 fully saturated rings. The summed E-state index contributed by atoms with van der Waals surface area (Å²) in [5.41, 5.74) is 0.430. The number of hydrogen-bond acceptors (Lipinski definition) is 5. The zero-order chi connectivity index (χ0) is 26.0. The van der Waals surface area contributed by atoms with Gasteiger partial charge in [-0.3, -0.25) is 14.4 Å². The Balaban J connectivity index is 1.61. The second kappa shape index (κ2) is 10.8. The van der Waals surface area contributed by atoms with Crippen LogP contribution in [0.4, 0.5) is 0 Å². The molecule has 2 aliphatic rings. The maximum Gasteiger partial charge on any atom is 0.269 e. The summed E-state index contributed by atoms with van der Waals surface area (Å²) in [5, 5.41) is 3.61. The molecule has 2 aromatic carbocycles. The molecule has 0 aromatic heterocycles. The summed E-state index contributed by atoms with van der Waals surface area (Å²) < 4.78 is 26.5. The number of halogens is 2. The van der Waals surface area contributed by atoms with Gasteiger partial charge in [-0.15, -0.1) is 0 Å². The summed E-state index contributed by atoms with van der Waals surface area (Å²) in [6.45, 7) is 0.681. The third-order valence-electron chi connectivity index (χ3n) is 6.70. The molecule has 1 aliphatic heterocycles. The molecule has 1 aliphatic carbocycles. The number of fused-ring (bicyclic) bond motifs is 1. The molecule has 0 saturated heterocycles. The molecular weight excluding hydrogens is 525 g/mol. The quantitative estimate of drug-likeness (QED) is 0.559. The zero-order valence-electron chi connectivity index (χ0n) is 19.7. The van der Waals surface area contributed by atoms with E-state index < -0.39 is 34.4 Å². The van der Waals surface area contributed by atoms with E-state index in [9.17, 15) is 22.8 Å². The lowest BCUT2D eigenvalue weighted by molar-refractivity contribution is -0.140. The molecule has 36 heavy (non-hydrogen) atoms. The van der Waals surface area contributed by atoms with Crippen LogP contribution >= 0.6 is 23.2 Å². The van der Waals surface area contributed by atoms with Gasteiger partial charge in [0.25, 0.3) is 15.9 Å². The van der Waals surface area contributed by atoms with E-state index in [0.29, 0.717) is 19.9 Å². The number of benzene rings is 2. The van der Waals surface area contributed by atoms with Crippen LogP contribution in [0.3, 0.4) is 0 Å². The van der Waals surface area contributed by atoms with Crippen molar-refractivity contribution < 1.29 is 22.8 Å². The Hall–Kier alpha value is -2.62. The first-order chi connectivity index (χ1) is 17.1. The van der Waals surface area contributed by atoms with E-state index in [1.165, 1.54) is 23.1 Å². The number of nitrogens with zero attached hydrogens (tertiary/aromatic N) is 2. The van der Waals surface area contributed by atoms with Gasteiger partial charge in [-0.25, -0.2) is 12.7 Å². The van der Waals surface area contributed by atoms with Gasteiger partial charge in [-0.05, 0) is 44.0 Å². The van der Waals surface area contributed by atoms with E-state index in [0.717, 1.165) is 32.1 Å². The van der Waals surface area contributed by atoms with Crippen molar-refractivity contribution in [3.05, 3.63) is 63.6 Å². The van der Waals surface area contributed by atoms with E-state index in [2.05, 4.69) is 5.32 Å². The molecule has 1 N–H and O–H groups in total. The molecule has 1 heterocycles. The number of hydrogen-bond donors (Lipinski definition) is 1. The molecule has 2 aromatic rings. The van der Waals surface area contributed by atoms with Crippen LogP contribution in [0.5, 0.6) is 0 Å². The SMILES string of the molecule is C[C@H](C(=O)NC1CCCCC1)N(Cc1c(Cl)cccc1Cl)C(=O)CN1C(=O)c2ccccc2S1(=O)=O. The van der Waals surface area contributed by atoms with Gasteiger partial charge in [0.15, 0.2) is 0 Å². The van der Waals surface area contributed by atoms with E-state index in [1.807, 2.05) is 0 Å². The van der Waals surface area contributed by atoms with Crippen molar-refractivity contribution >= 4 is 50.9 Å². The molecule has 0 bridgehead atoms. The Morgan fingerprint density at radius 2 is 1.69 bits per heavy atom. The number of sulfonamides is 1. The summed E-state index contributed by atoms with van der Waals surface area (Å²) in [7, 11) is -4.20. The third-order valence-corrected chi connectivity index (χ3v) is 9.20. The van der Waals surface area contributed by atoms with Gasteiger partial charge < -0.3 is 10.2 Å². The van der Waals surface area contributed by atoms with Crippen molar-refractivity contribution in [2.75, 3.05) is 6.54 Å². The van der Waals surface area contributed by atoms with Crippen LogP contribution in [0.2, 0.25) is 10.0 Å². The van der Waals surface area contributed by atoms with Crippen molar-refractivity contribution in [1.82, 2.24) is 14.5 Å². The monoisotopic (exact) mass is 551 g/mol. The topological polar surface area (TPSA) is 104 Å². The van der Waals surface area contributed by atoms with Crippen LogP contribution < -0.4 is 5.32 Å². The van der Waals surface area contributed by atoms with Crippen LogP contribution in [0.25, 0.3) is 0 Å². The fourth-order valence-electron chi connectivity index (χ4n) is 4.61. The highest BCUT2D eigenvalue weighted by atomic mass is 35.5. The van der Waals surface area contributed by atoms with Gasteiger partial charge >= 0.3 is 0 Å². The molecule has 11 heteroatoms. The first-order valence-electron chi connectivity index (χ1n) is 11.8. The molecule has 0 spiro atoms. The molecule has 0 unspecified atom stereocenters. The smallest absolute Gasteiger partial charge is 0.269 e. The number of amides is 3. The fourth-order valence-corrected chi connectivity index (χ4v) is 6.64. The molecule has 8 nitrogen and oxygen atoms in total. The summed E-state index contributed by atoms with van der Waals surface area (Å²) >= 11 is 12.7. The van der Waals surface area contributed by atoms with Crippen molar-refractivity contribution in [3.63, 3.8) is 0 Å². The van der Waals surface area contributed by atoms with Crippen molar-refractivity contribution in [2.45, 2.75) is 62.6 Å². The molecular formula is C25H27Cl2N3O5S. The predicted octanol–water partition coefficient (Wildman–Crippen LogP) is 4.00. The molecule has 192 valence electrons. The van der Waals surface area contributed by atoms with Gasteiger partial charge in [0.2, 0.25) is 11.8 Å². The predicted molar refractivity (Wildman–Crippen MR) is 136 cm³/mol. The highest BCUT2D eigenvalue weighted by Crippen LogP contribution is 2.31. The highest BCUT2D eigenvalue weighted by Gasteiger charge is 2.43. The summed E-state index contributed by atoms with van der Waals surface area (Å²) in [6.07, 6.45) is 4.89. The Morgan fingerprint density at radius 3 is 2.33 bits per heavy atom. The first-order valence-corrected chi connectivity index (χ1v) is 14.0. The Morgan fingerprint density at radius 1 is 1.06 bits per heavy atom. The van der Waals surface area contributed by atoms with Gasteiger partial charge in [0, 0.05) is 28.2 Å². The number of carbonyl (C=O) groups excluding carboxylic acids is 3. The second-order valence-corrected chi connectivity index (χ2v) is 11.7. The van der Waals surface area contributed by atoms with Crippen LogP contribution in [-0.2, 0) is 26.2 Å². The Bertz CT molecular complexity index is 1270. The molecule has 1 atom stereocenters. The normalized spacial score (nSPS) is 18.0. The first kappa shape index (κ1) is 26.4. The van der Waals surface area contributed by atoms with Crippen LogP contribution in [0.1, 0.15) is 54.9 Å². The molecule has 1 saturated carbocycles. The number of rotatable bonds is 7. The minimum atomic E-state index is -4.20. The lowest BCUT2D eigenvalue weighted by atomic mass is 9.95. The van der Waals surface area contributed by atoms with Crippen molar-refractivity contribution in [2.24, 2.45) is 0 Å². The molecule has 0 radical (unpaired) electrons. The maximum atomic E-state index is 13.6. The van der Waals surface area contributed by atoms with E-state index in [1.54, 1.807) is 31.2 Å². The summed E-state index contributed by atoms with van der Waals surface area (Å²) in [4.78, 5) is 40.6. The standard InChI is InChI=1S/C25H27Cl2N3O5S/c1-16(24(32)28-17-8-3-2-4-9-17)29(14-19-20(26)11-7-12-21(19)27)23(31)15-30-25(33)18-10-5-6-13-22(18)36(30,34)35/h5-7,10-13,16-17H,2-4,8-9,14-15H2,1H3,(H,28,32)/t16-/m1/s1. The summed E-state index contributed by atoms with van der Waals surface area (Å²) in [6, 6.07) is 9.74. The summed E-state index contributed by atoms with van der Waals surface area (Å²) in [5.74, 6) is -1.87. The Labute approximate surface area is 220 Å². The largest absolute Gasteiger partial charge is 0.352 e. The van der Waals surface area contributed by atoms with Gasteiger partial charge in [-0.1, -0.05) is 60.7 Å². The van der Waals surface area contributed by atoms with E-state index in [-0.39, 0.29) is 29.0 Å². The second-order valence-electron chi connectivity index (χ2n) is 9.05. The lowest BCUT2D eigenvalue weighted by Crippen LogP contribution is -2.53. The zero-order valence-corrected chi connectivity index (χ0v) is 22.1. The van der Waals surface area contributed by atoms with E-state index >= 15 is 0 Å². The van der Waals surface area contributed by atoms with E-state index in [4.69, 9.17) is 23.2 Å². The maximum absolute atomic E-state index is 13.6. The van der Waals surface area contributed by atoms with Gasteiger partial charge in [-0.2, -0.15) is 0 Å². The average Bonchev–Trinajstić information content (AvgIpc) is 3.05. The number of nitrogens with one attached hydrogen (secondary N) is 1. The van der Waals surface area contributed by atoms with Crippen molar-refractivity contribution in [1.29, 1.82) is 0 Å². The van der Waals surface area contributed by atoms with Crippen molar-refractivity contribution in [3.8, 4) is 0 Å². The number of carbonyl (C=O) groups is 3. The van der Waals surface area contributed by atoms with Crippen LogP contribution in [0, 0.1) is 0 Å². The Kier molecular flexibility index (Phi) is 7.92. The minimum Gasteiger partial charge on any atom is -0.352 e. The third kappa shape index (κ3) is 5.23. The highest BCUT2D eigenvalue weighted by molar-refractivity contribution is 7.90. The molecule has 4 rings (SSSR count). The van der Waals surface area contributed by atoms with Gasteiger partial charge in [0.05, 0.1) is 5.56 Å². The van der Waals surface area contributed by atoms with Crippen LogP contribution in [0.15, 0.2) is 47.4 Å². The molecule has 3 amide bonds. The van der Waals surface area contributed by atoms with Gasteiger partial charge in [0.1, 0.15) is 17.5 Å². The van der Waals surface area contributed by atoms with Crippen LogP contribution in [-0.4, -0.2) is 54.0 Å². The minimum absolute atomic E-state index is 0.00842. The average molecular weight is 552 g/mol.